The summed E-state index contributed by atoms with van der Waals surface area (Å²) in [5, 5.41) is 0. The topological polar surface area (TPSA) is 46.6 Å². The van der Waals surface area contributed by atoms with E-state index in [0.29, 0.717) is 6.42 Å². The van der Waals surface area contributed by atoms with Crippen LogP contribution in [0.25, 0.3) is 0 Å². The molecule has 0 aliphatic carbocycles. The van der Waals surface area contributed by atoms with Gasteiger partial charge in [-0.1, -0.05) is 109 Å². The van der Waals surface area contributed by atoms with Crippen molar-refractivity contribution in [2.45, 2.75) is 24.0 Å². The number of hydrogen-bond acceptors (Lipinski definition) is 3. The first-order chi connectivity index (χ1) is 16.7. The van der Waals surface area contributed by atoms with E-state index in [2.05, 4.69) is 36.4 Å². The molecule has 1 atom stereocenters. The number of esters is 1. The molecule has 0 aromatic heterocycles. The molecule has 2 heterocycles. The van der Waals surface area contributed by atoms with E-state index in [-0.39, 0.29) is 18.3 Å². The number of benzene rings is 4. The standard InChI is InChI=1S/C30H23NO3/c32-27-20-21-29(34-27)25-18-10-11-19-26(25)31(28(29)33)30(22-12-4-1-5-13-22,23-14-6-2-7-15-23)24-16-8-3-9-17-24/h1-19H,20-21H2/t29-/m0/s1. The third kappa shape index (κ3) is 2.72. The molecule has 1 fully saturated rings. The molecule has 0 unspecified atom stereocenters. The van der Waals surface area contributed by atoms with Crippen LogP contribution in [0.4, 0.5) is 5.69 Å². The molecule has 0 N–H and O–H groups in total. The van der Waals surface area contributed by atoms with Gasteiger partial charge in [0.2, 0.25) is 5.60 Å². The highest BCUT2D eigenvalue weighted by molar-refractivity contribution is 6.11. The summed E-state index contributed by atoms with van der Waals surface area (Å²) in [6, 6.07) is 37.9. The van der Waals surface area contributed by atoms with Gasteiger partial charge in [-0.15, -0.1) is 0 Å². The van der Waals surface area contributed by atoms with Crippen molar-refractivity contribution in [1.82, 2.24) is 0 Å². The number of rotatable bonds is 4. The van der Waals surface area contributed by atoms with Crippen LogP contribution in [-0.4, -0.2) is 11.9 Å². The summed E-state index contributed by atoms with van der Waals surface area (Å²) in [6.07, 6.45) is 0.565. The van der Waals surface area contributed by atoms with Crippen LogP contribution in [0, 0.1) is 0 Å². The lowest BCUT2D eigenvalue weighted by atomic mass is 9.75. The Morgan fingerprint density at radius 1 is 0.647 bits per heavy atom. The van der Waals surface area contributed by atoms with Gasteiger partial charge in [0.25, 0.3) is 5.91 Å². The maximum absolute atomic E-state index is 14.5. The Hall–Kier alpha value is -4.18. The molecule has 2 aliphatic heterocycles. The second kappa shape index (κ2) is 7.70. The van der Waals surface area contributed by atoms with E-state index in [1.807, 2.05) is 83.8 Å². The third-order valence-electron chi connectivity index (χ3n) is 7.01. The summed E-state index contributed by atoms with van der Waals surface area (Å²) in [4.78, 5) is 28.7. The minimum absolute atomic E-state index is 0.212. The van der Waals surface area contributed by atoms with Crippen LogP contribution in [0.1, 0.15) is 35.1 Å². The van der Waals surface area contributed by atoms with Crippen molar-refractivity contribution >= 4 is 17.6 Å². The van der Waals surface area contributed by atoms with Crippen LogP contribution in [-0.2, 0) is 25.5 Å². The third-order valence-corrected chi connectivity index (χ3v) is 7.01. The Bertz CT molecular complexity index is 1270. The molecule has 0 radical (unpaired) electrons. The fourth-order valence-electron chi connectivity index (χ4n) is 5.59. The first kappa shape index (κ1) is 20.4. The first-order valence-corrected chi connectivity index (χ1v) is 11.5. The van der Waals surface area contributed by atoms with Gasteiger partial charge in [0.1, 0.15) is 5.54 Å². The second-order valence-corrected chi connectivity index (χ2v) is 8.77. The van der Waals surface area contributed by atoms with Crippen molar-refractivity contribution in [3.63, 3.8) is 0 Å². The average molecular weight is 446 g/mol. The fraction of sp³-hybridized carbons (Fsp3) is 0.133. The van der Waals surface area contributed by atoms with E-state index in [9.17, 15) is 9.59 Å². The monoisotopic (exact) mass is 445 g/mol. The van der Waals surface area contributed by atoms with Gasteiger partial charge in [-0.2, -0.15) is 0 Å². The van der Waals surface area contributed by atoms with Gasteiger partial charge in [-0.25, -0.2) is 0 Å². The largest absolute Gasteiger partial charge is 0.444 e. The number of nitrogens with zero attached hydrogens (tertiary/aromatic N) is 1. The average Bonchev–Trinajstić information content (AvgIpc) is 3.41. The summed E-state index contributed by atoms with van der Waals surface area (Å²) in [7, 11) is 0. The molecule has 166 valence electrons. The minimum atomic E-state index is -1.29. The van der Waals surface area contributed by atoms with Crippen LogP contribution < -0.4 is 4.90 Å². The lowest BCUT2D eigenvalue weighted by molar-refractivity contribution is -0.157. The molecular formula is C30H23NO3. The van der Waals surface area contributed by atoms with Gasteiger partial charge in [0.15, 0.2) is 0 Å². The molecule has 34 heavy (non-hydrogen) atoms. The zero-order chi connectivity index (χ0) is 23.2. The number of carbonyl (C=O) groups excluding carboxylic acids is 2. The van der Waals surface area contributed by atoms with Crippen LogP contribution in [0.3, 0.4) is 0 Å². The zero-order valence-corrected chi connectivity index (χ0v) is 18.6. The van der Waals surface area contributed by atoms with Crippen LogP contribution >= 0.6 is 0 Å². The Morgan fingerprint density at radius 3 is 1.59 bits per heavy atom. The maximum Gasteiger partial charge on any atom is 0.307 e. The molecule has 0 bridgehead atoms. The predicted molar refractivity (Wildman–Crippen MR) is 130 cm³/mol. The van der Waals surface area contributed by atoms with Crippen molar-refractivity contribution in [2.75, 3.05) is 4.90 Å². The number of hydrogen-bond donors (Lipinski definition) is 0. The number of anilines is 1. The van der Waals surface area contributed by atoms with Crippen molar-refractivity contribution in [3.05, 3.63) is 138 Å². The summed E-state index contributed by atoms with van der Waals surface area (Å²) in [5.41, 5.74) is 2.12. The Labute approximate surface area is 198 Å². The van der Waals surface area contributed by atoms with Crippen LogP contribution in [0.5, 0.6) is 0 Å². The Morgan fingerprint density at radius 2 is 1.12 bits per heavy atom. The van der Waals surface area contributed by atoms with Gasteiger partial charge in [0, 0.05) is 12.0 Å². The number of fused-ring (bicyclic) bond motifs is 2. The van der Waals surface area contributed by atoms with E-state index < -0.39 is 11.1 Å². The van der Waals surface area contributed by atoms with Gasteiger partial charge < -0.3 is 4.74 Å². The summed E-state index contributed by atoms with van der Waals surface area (Å²) >= 11 is 0. The van der Waals surface area contributed by atoms with Gasteiger partial charge in [-0.05, 0) is 22.8 Å². The summed E-state index contributed by atoms with van der Waals surface area (Å²) in [6.45, 7) is 0. The van der Waals surface area contributed by atoms with Crippen LogP contribution in [0.2, 0.25) is 0 Å². The smallest absolute Gasteiger partial charge is 0.307 e. The SMILES string of the molecule is O=C1CC[C@@]2(O1)C(=O)N(C(c1ccccc1)(c1ccccc1)c1ccccc1)c1ccccc12. The van der Waals surface area contributed by atoms with Crippen molar-refractivity contribution in [3.8, 4) is 0 Å². The zero-order valence-electron chi connectivity index (χ0n) is 18.6. The Kier molecular flexibility index (Phi) is 4.63. The number of amides is 1. The maximum atomic E-state index is 14.5. The molecule has 4 nitrogen and oxygen atoms in total. The van der Waals surface area contributed by atoms with Crippen molar-refractivity contribution < 1.29 is 14.3 Å². The quantitative estimate of drug-likeness (QED) is 0.305. The lowest BCUT2D eigenvalue weighted by Crippen LogP contribution is -2.53. The highest BCUT2D eigenvalue weighted by atomic mass is 16.6. The Balaban J connectivity index is 1.73. The van der Waals surface area contributed by atoms with E-state index in [1.54, 1.807) is 0 Å². The summed E-state index contributed by atoms with van der Waals surface area (Å²) in [5.74, 6) is -0.550. The molecule has 4 heteroatoms. The number of para-hydroxylation sites is 1. The molecule has 0 saturated carbocycles. The molecule has 4 aromatic rings. The fourth-order valence-corrected chi connectivity index (χ4v) is 5.59. The van der Waals surface area contributed by atoms with Gasteiger partial charge in [-0.3, -0.25) is 14.5 Å². The van der Waals surface area contributed by atoms with Crippen molar-refractivity contribution in [2.24, 2.45) is 0 Å². The second-order valence-electron chi connectivity index (χ2n) is 8.77. The molecular weight excluding hydrogens is 422 g/mol. The molecule has 1 amide bonds. The van der Waals surface area contributed by atoms with E-state index >= 15 is 0 Å². The van der Waals surface area contributed by atoms with E-state index in [4.69, 9.17) is 4.74 Å². The minimum Gasteiger partial charge on any atom is -0.444 e. The molecule has 6 rings (SSSR count). The highest BCUT2D eigenvalue weighted by Crippen LogP contribution is 2.55. The molecule has 1 spiro atoms. The number of ether oxygens (including phenoxy) is 1. The first-order valence-electron chi connectivity index (χ1n) is 11.5. The number of carbonyl (C=O) groups is 2. The summed E-state index contributed by atoms with van der Waals surface area (Å²) < 4.78 is 5.85. The lowest BCUT2D eigenvalue weighted by Gasteiger charge is -2.44. The van der Waals surface area contributed by atoms with E-state index in [0.717, 1.165) is 27.9 Å². The van der Waals surface area contributed by atoms with E-state index in [1.165, 1.54) is 0 Å². The normalized spacial score (nSPS) is 19.4. The molecule has 4 aromatic carbocycles. The van der Waals surface area contributed by atoms with Gasteiger partial charge in [0.05, 0.1) is 12.1 Å². The molecule has 1 saturated heterocycles. The highest BCUT2D eigenvalue weighted by Gasteiger charge is 2.62. The molecule has 2 aliphatic rings. The van der Waals surface area contributed by atoms with Crippen LogP contribution in [0.15, 0.2) is 115 Å². The predicted octanol–water partition coefficient (Wildman–Crippen LogP) is 5.56. The van der Waals surface area contributed by atoms with Gasteiger partial charge >= 0.3 is 5.97 Å². The van der Waals surface area contributed by atoms with Crippen molar-refractivity contribution in [1.29, 1.82) is 0 Å².